The summed E-state index contributed by atoms with van der Waals surface area (Å²) >= 11 is 0. The lowest BCUT2D eigenvalue weighted by molar-refractivity contribution is -0.133. The number of hydrazine groups is 1. The third-order valence-corrected chi connectivity index (χ3v) is 10.1. The first-order valence-electron chi connectivity index (χ1n) is 19.5. The quantitative estimate of drug-likeness (QED) is 0.158. The largest absolute Gasteiger partial charge is 0.453 e. The predicted octanol–water partition coefficient (Wildman–Crippen LogP) is 4.92. The summed E-state index contributed by atoms with van der Waals surface area (Å²) in [6.45, 7) is 21.0. The van der Waals surface area contributed by atoms with Gasteiger partial charge in [0.15, 0.2) is 0 Å². The zero-order valence-electron chi connectivity index (χ0n) is 35.2. The second kappa shape index (κ2) is 18.1. The van der Waals surface area contributed by atoms with Crippen molar-refractivity contribution in [1.29, 1.82) is 0 Å². The molecule has 0 spiro atoms. The third-order valence-electron chi connectivity index (χ3n) is 10.1. The van der Waals surface area contributed by atoms with Crippen molar-refractivity contribution in [1.82, 2.24) is 40.3 Å². The zero-order valence-corrected chi connectivity index (χ0v) is 35.2. The Morgan fingerprint density at radius 2 is 1.57 bits per heavy atom. The highest BCUT2D eigenvalue weighted by Crippen LogP contribution is 2.30. The molecule has 1 aliphatic heterocycles. The maximum absolute atomic E-state index is 14.5. The molecule has 4 N–H and O–H groups in total. The van der Waals surface area contributed by atoms with Gasteiger partial charge in [0, 0.05) is 32.4 Å². The molecule has 3 heterocycles. The fourth-order valence-corrected chi connectivity index (χ4v) is 7.06. The van der Waals surface area contributed by atoms with Gasteiger partial charge in [-0.3, -0.25) is 15.0 Å². The number of nitrogens with one attached hydrogen (secondary N) is 3. The Kier molecular flexibility index (Phi) is 14.2. The molecule has 1 fully saturated rings. The van der Waals surface area contributed by atoms with Crippen LogP contribution in [0, 0.1) is 23.2 Å². The minimum Gasteiger partial charge on any atom is -0.453 e. The van der Waals surface area contributed by atoms with Crippen molar-refractivity contribution in [2.24, 2.45) is 16.2 Å². The Balaban J connectivity index is 1.58. The number of carbonyl (C=O) groups excluding carboxylic acids is 4. The lowest BCUT2D eigenvalue weighted by atomic mass is 9.84. The number of aromatic nitrogens is 2. The number of hydrogen-bond donors (Lipinski definition) is 4. The standard InChI is InChI=1S/C42H64N8O6/c1-28-43-31(32-19-15-16-21-49(28)32)26-47-23-24-50(39(47)55)35(42(8,9)10)37(53)44-30(25-29-17-13-12-14-18-29)33(51)27-48(22-20-40(2,3)4)46-36(52)34(41(5,6)7)45-38(54)56-11/h12-19,21,30,33-35,51H,20,22-27H2,1-11H3,(H,44,53)(H,45,54)(H,46,52). The Morgan fingerprint density at radius 1 is 0.911 bits per heavy atom. The molecule has 0 aliphatic carbocycles. The van der Waals surface area contributed by atoms with E-state index in [2.05, 4.69) is 36.8 Å². The third kappa shape index (κ3) is 11.7. The van der Waals surface area contributed by atoms with Crippen LogP contribution in [0.2, 0.25) is 0 Å². The molecule has 5 amide bonds. The minimum atomic E-state index is -1.15. The fourth-order valence-electron chi connectivity index (χ4n) is 7.06. The van der Waals surface area contributed by atoms with Crippen molar-refractivity contribution in [2.45, 2.75) is 113 Å². The van der Waals surface area contributed by atoms with Crippen molar-refractivity contribution in [3.63, 3.8) is 0 Å². The Labute approximate surface area is 332 Å². The maximum Gasteiger partial charge on any atom is 0.407 e. The van der Waals surface area contributed by atoms with Gasteiger partial charge < -0.3 is 34.7 Å². The summed E-state index contributed by atoms with van der Waals surface area (Å²) in [6, 6.07) is 12.6. The number of amides is 5. The summed E-state index contributed by atoms with van der Waals surface area (Å²) in [6.07, 6.45) is 1.04. The monoisotopic (exact) mass is 776 g/mol. The molecule has 1 aliphatic rings. The second-order valence-electron chi connectivity index (χ2n) is 18.3. The normalized spacial score (nSPS) is 16.1. The highest BCUT2D eigenvalue weighted by molar-refractivity contribution is 5.89. The number of carbonyl (C=O) groups is 4. The molecule has 14 nitrogen and oxygen atoms in total. The molecule has 4 unspecified atom stereocenters. The van der Waals surface area contributed by atoms with E-state index in [1.807, 2.05) is 108 Å². The van der Waals surface area contributed by atoms with E-state index >= 15 is 0 Å². The van der Waals surface area contributed by atoms with Crippen LogP contribution in [0.3, 0.4) is 0 Å². The molecular weight excluding hydrogens is 713 g/mol. The SMILES string of the molecule is COC(=O)NC(C(=O)NN(CCC(C)(C)C)CC(O)C(Cc1ccccc1)NC(=O)C(N1CCN(Cc2nc(C)n3ccccc23)C1=O)C(C)(C)C)C(C)(C)C. The van der Waals surface area contributed by atoms with Crippen molar-refractivity contribution in [3.05, 3.63) is 71.8 Å². The zero-order chi connectivity index (χ0) is 41.6. The number of rotatable bonds is 15. The first-order chi connectivity index (χ1) is 26.1. The first kappa shape index (κ1) is 44.0. The molecular formula is C42H64N8O6. The van der Waals surface area contributed by atoms with E-state index in [9.17, 15) is 24.3 Å². The molecule has 0 bridgehead atoms. The molecule has 0 radical (unpaired) electrons. The lowest BCUT2D eigenvalue weighted by Gasteiger charge is -2.38. The van der Waals surface area contributed by atoms with Crippen LogP contribution < -0.4 is 16.1 Å². The van der Waals surface area contributed by atoms with Crippen LogP contribution in [0.1, 0.15) is 85.8 Å². The summed E-state index contributed by atoms with van der Waals surface area (Å²) in [4.78, 5) is 62.7. The van der Waals surface area contributed by atoms with Crippen molar-refractivity contribution < 1.29 is 29.0 Å². The lowest BCUT2D eigenvalue weighted by Crippen LogP contribution is -2.61. The van der Waals surface area contributed by atoms with E-state index in [-0.39, 0.29) is 23.9 Å². The van der Waals surface area contributed by atoms with Crippen molar-refractivity contribution in [2.75, 3.05) is 33.3 Å². The molecule has 1 saturated heterocycles. The van der Waals surface area contributed by atoms with E-state index in [4.69, 9.17) is 9.72 Å². The molecule has 1 aromatic carbocycles. The van der Waals surface area contributed by atoms with Gasteiger partial charge in [-0.1, -0.05) is 98.7 Å². The molecule has 4 atom stereocenters. The van der Waals surface area contributed by atoms with Gasteiger partial charge in [0.05, 0.1) is 37.0 Å². The molecule has 4 rings (SSSR count). The van der Waals surface area contributed by atoms with Crippen molar-refractivity contribution >= 4 is 29.5 Å². The van der Waals surface area contributed by atoms with Crippen molar-refractivity contribution in [3.8, 4) is 0 Å². The Bertz CT molecular complexity index is 1810. The number of imidazole rings is 1. The van der Waals surface area contributed by atoms with Crippen LogP contribution in [0.4, 0.5) is 9.59 Å². The number of aryl methyl sites for hydroxylation is 1. The van der Waals surface area contributed by atoms with Crippen LogP contribution in [-0.4, -0.2) is 111 Å². The number of ether oxygens (including phenoxy) is 1. The fraction of sp³-hybridized carbons (Fsp3) is 0.595. The van der Waals surface area contributed by atoms with Gasteiger partial charge in [0.25, 0.3) is 5.91 Å². The van der Waals surface area contributed by atoms with Crippen LogP contribution in [0.15, 0.2) is 54.7 Å². The summed E-state index contributed by atoms with van der Waals surface area (Å²) in [7, 11) is 1.24. The van der Waals surface area contributed by atoms with Gasteiger partial charge in [-0.2, -0.15) is 0 Å². The van der Waals surface area contributed by atoms with Gasteiger partial charge in [-0.15, -0.1) is 0 Å². The molecule has 3 aromatic rings. The molecule has 0 saturated carbocycles. The van der Waals surface area contributed by atoms with Gasteiger partial charge in [-0.25, -0.2) is 19.6 Å². The predicted molar refractivity (Wildman–Crippen MR) is 216 cm³/mol. The number of methoxy groups -OCH3 is 1. The number of pyridine rings is 1. The van der Waals surface area contributed by atoms with Gasteiger partial charge in [-0.05, 0) is 53.7 Å². The van der Waals surface area contributed by atoms with Gasteiger partial charge in [0.1, 0.15) is 17.9 Å². The van der Waals surface area contributed by atoms with E-state index in [1.54, 1.807) is 14.8 Å². The second-order valence-corrected chi connectivity index (χ2v) is 18.3. The minimum absolute atomic E-state index is 0.0245. The molecule has 308 valence electrons. The van der Waals surface area contributed by atoms with E-state index in [0.29, 0.717) is 39.0 Å². The summed E-state index contributed by atoms with van der Waals surface area (Å²) in [5.74, 6) is -0.00921. The highest BCUT2D eigenvalue weighted by atomic mass is 16.5. The smallest absolute Gasteiger partial charge is 0.407 e. The van der Waals surface area contributed by atoms with E-state index in [1.165, 1.54) is 7.11 Å². The number of benzene rings is 1. The number of urea groups is 1. The number of fused-ring (bicyclic) bond motifs is 1. The van der Waals surface area contributed by atoms with Gasteiger partial charge in [0.2, 0.25) is 5.91 Å². The number of aliphatic hydroxyl groups excluding tert-OH is 1. The van der Waals surface area contributed by atoms with E-state index in [0.717, 1.165) is 22.6 Å². The van der Waals surface area contributed by atoms with Crippen LogP contribution in [-0.2, 0) is 27.3 Å². The molecule has 2 aromatic heterocycles. The average molecular weight is 777 g/mol. The number of hydrogen-bond acceptors (Lipinski definition) is 8. The Hall–Kier alpha value is -4.69. The van der Waals surface area contributed by atoms with Crippen LogP contribution >= 0.6 is 0 Å². The maximum atomic E-state index is 14.5. The number of aliphatic hydroxyl groups is 1. The first-order valence-corrected chi connectivity index (χ1v) is 19.5. The van der Waals surface area contributed by atoms with Crippen LogP contribution in [0.25, 0.3) is 5.52 Å². The number of alkyl carbamates (subject to hydrolysis) is 1. The molecule has 56 heavy (non-hydrogen) atoms. The van der Waals surface area contributed by atoms with Gasteiger partial charge >= 0.3 is 12.1 Å². The summed E-state index contributed by atoms with van der Waals surface area (Å²) < 4.78 is 6.79. The summed E-state index contributed by atoms with van der Waals surface area (Å²) in [5.41, 5.74) is 4.16. The highest BCUT2D eigenvalue weighted by Gasteiger charge is 2.45. The number of nitrogens with zero attached hydrogens (tertiary/aromatic N) is 5. The topological polar surface area (TPSA) is 161 Å². The van der Waals surface area contributed by atoms with Crippen LogP contribution in [0.5, 0.6) is 0 Å². The average Bonchev–Trinajstić information content (AvgIpc) is 3.62. The van der Waals surface area contributed by atoms with E-state index < -0.39 is 47.1 Å². The Morgan fingerprint density at radius 3 is 2.18 bits per heavy atom. The molecule has 14 heteroatoms. The summed E-state index contributed by atoms with van der Waals surface area (Å²) in [5, 5.41) is 19.5.